The van der Waals surface area contributed by atoms with Crippen molar-refractivity contribution in [1.82, 2.24) is 4.90 Å². The number of nitrogens with zero attached hydrogens (tertiary/aromatic N) is 2. The Bertz CT molecular complexity index is 418. The van der Waals surface area contributed by atoms with Crippen molar-refractivity contribution in [2.75, 3.05) is 34.2 Å². The summed E-state index contributed by atoms with van der Waals surface area (Å²) in [6.45, 7) is 4.89. The van der Waals surface area contributed by atoms with Gasteiger partial charge in [-0.3, -0.25) is 4.79 Å². The molecule has 1 rings (SSSR count). The summed E-state index contributed by atoms with van der Waals surface area (Å²) in [7, 11) is 6.19. The Labute approximate surface area is 128 Å². The minimum absolute atomic E-state index is 0. The second-order valence-corrected chi connectivity index (χ2v) is 5.80. The molecule has 0 aliphatic rings. The summed E-state index contributed by atoms with van der Waals surface area (Å²) in [5.41, 5.74) is 8.08. The van der Waals surface area contributed by atoms with Crippen LogP contribution in [0, 0.1) is 0 Å². The average molecular weight is 301 g/mol. The highest BCUT2D eigenvalue weighted by molar-refractivity contribution is 5.85. The molecule has 20 heavy (non-hydrogen) atoms. The monoisotopic (exact) mass is 300 g/mol. The average Bonchev–Trinajstić information content (AvgIpc) is 2.31. The topological polar surface area (TPSA) is 46.3 Å². The lowest BCUT2D eigenvalue weighted by molar-refractivity contribution is -0.902. The Morgan fingerprint density at radius 2 is 1.70 bits per heavy atom. The van der Waals surface area contributed by atoms with E-state index in [-0.39, 0.29) is 18.3 Å². The van der Waals surface area contributed by atoms with E-state index in [0.717, 1.165) is 23.1 Å². The zero-order valence-corrected chi connectivity index (χ0v) is 13.7. The molecule has 0 bridgehead atoms. The van der Waals surface area contributed by atoms with E-state index in [4.69, 9.17) is 5.73 Å². The van der Waals surface area contributed by atoms with Gasteiger partial charge in [0.05, 0.1) is 20.6 Å². The predicted molar refractivity (Wildman–Crippen MR) is 85.6 cm³/mol. The summed E-state index contributed by atoms with van der Waals surface area (Å²) in [5.74, 6) is 0.0878. The number of carbonyl (C=O) groups is 1. The first-order valence-electron chi connectivity index (χ1n) is 6.65. The summed E-state index contributed by atoms with van der Waals surface area (Å²) in [6, 6.07) is 8.47. The molecule has 0 aliphatic heterocycles. The zero-order valence-electron chi connectivity index (χ0n) is 12.9. The van der Waals surface area contributed by atoms with Gasteiger partial charge < -0.3 is 15.1 Å². The van der Waals surface area contributed by atoms with Crippen molar-refractivity contribution in [3.63, 3.8) is 0 Å². The van der Waals surface area contributed by atoms with E-state index < -0.39 is 0 Å². The molecule has 4 nitrogen and oxygen atoms in total. The van der Waals surface area contributed by atoms with Gasteiger partial charge in [-0.15, -0.1) is 12.4 Å². The molecule has 0 unspecified atom stereocenters. The second-order valence-electron chi connectivity index (χ2n) is 5.80. The van der Waals surface area contributed by atoms with E-state index in [1.165, 1.54) is 5.56 Å². The molecule has 0 saturated heterocycles. The molecular formula is C15H27ClN3O+. The molecule has 0 radical (unpaired) electrons. The molecule has 0 saturated carbocycles. The van der Waals surface area contributed by atoms with Gasteiger partial charge in [-0.25, -0.2) is 0 Å². The zero-order chi connectivity index (χ0) is 14.5. The van der Waals surface area contributed by atoms with Crippen LogP contribution < -0.4 is 5.73 Å². The number of halogens is 1. The predicted octanol–water partition coefficient (Wildman–Crippen LogP) is 1.62. The molecule has 0 fully saturated rings. The van der Waals surface area contributed by atoms with Crippen molar-refractivity contribution >= 4 is 18.3 Å². The first-order valence-corrected chi connectivity index (χ1v) is 6.65. The second kappa shape index (κ2) is 8.25. The van der Waals surface area contributed by atoms with Crippen LogP contribution in [0.4, 0.5) is 0 Å². The van der Waals surface area contributed by atoms with Crippen LogP contribution in [0.2, 0.25) is 0 Å². The number of carbonyl (C=O) groups excluding carboxylic acids is 1. The fourth-order valence-electron chi connectivity index (χ4n) is 2.06. The summed E-state index contributed by atoms with van der Waals surface area (Å²) in [6.07, 6.45) is 0. The Balaban J connectivity index is 0.00000361. The Hall–Kier alpha value is -1.10. The maximum atomic E-state index is 11.2. The van der Waals surface area contributed by atoms with Gasteiger partial charge in [-0.2, -0.15) is 0 Å². The number of hydrogen-bond acceptors (Lipinski definition) is 2. The van der Waals surface area contributed by atoms with E-state index in [0.29, 0.717) is 13.1 Å². The van der Waals surface area contributed by atoms with Crippen LogP contribution in [0.3, 0.4) is 0 Å². The van der Waals surface area contributed by atoms with Crippen molar-refractivity contribution in [1.29, 1.82) is 0 Å². The molecule has 0 heterocycles. The van der Waals surface area contributed by atoms with Crippen molar-refractivity contribution in [2.45, 2.75) is 20.0 Å². The summed E-state index contributed by atoms with van der Waals surface area (Å²) >= 11 is 0. The first kappa shape index (κ1) is 18.9. The maximum absolute atomic E-state index is 11.2. The van der Waals surface area contributed by atoms with Gasteiger partial charge >= 0.3 is 0 Å². The Kier molecular flexibility index (Phi) is 7.79. The van der Waals surface area contributed by atoms with Crippen LogP contribution in [-0.4, -0.2) is 49.5 Å². The molecule has 0 atom stereocenters. The van der Waals surface area contributed by atoms with Crippen LogP contribution in [0.5, 0.6) is 0 Å². The SMILES string of the molecule is CC(=O)N(C)Cc1ccc(C[N+](C)(C)CCN)cc1.Cl. The molecule has 0 aromatic heterocycles. The quantitative estimate of drug-likeness (QED) is 0.812. The van der Waals surface area contributed by atoms with E-state index in [1.807, 2.05) is 7.05 Å². The number of quaternary nitrogens is 1. The Morgan fingerprint density at radius 1 is 1.20 bits per heavy atom. The van der Waals surface area contributed by atoms with E-state index >= 15 is 0 Å². The highest BCUT2D eigenvalue weighted by atomic mass is 35.5. The normalized spacial score (nSPS) is 10.8. The molecule has 1 aromatic carbocycles. The van der Waals surface area contributed by atoms with Crippen LogP contribution in [0.15, 0.2) is 24.3 Å². The van der Waals surface area contributed by atoms with E-state index in [9.17, 15) is 4.79 Å². The van der Waals surface area contributed by atoms with Gasteiger partial charge in [0.1, 0.15) is 6.54 Å². The highest BCUT2D eigenvalue weighted by Crippen LogP contribution is 2.11. The van der Waals surface area contributed by atoms with E-state index in [2.05, 4.69) is 38.4 Å². The van der Waals surface area contributed by atoms with Gasteiger partial charge in [0.25, 0.3) is 0 Å². The first-order chi connectivity index (χ1) is 8.84. The standard InChI is InChI=1S/C15H26N3O.ClH/c1-13(19)17(2)11-14-5-7-15(8-6-14)12-18(3,4)10-9-16;/h5-8H,9-12,16H2,1-4H3;1H/q+1;. The van der Waals surface area contributed by atoms with Crippen LogP contribution in [0.25, 0.3) is 0 Å². The lowest BCUT2D eigenvalue weighted by Gasteiger charge is -2.29. The lowest BCUT2D eigenvalue weighted by Crippen LogP contribution is -2.42. The molecule has 114 valence electrons. The van der Waals surface area contributed by atoms with E-state index in [1.54, 1.807) is 11.8 Å². The molecule has 1 aromatic rings. The fraction of sp³-hybridized carbons (Fsp3) is 0.533. The maximum Gasteiger partial charge on any atom is 0.219 e. The highest BCUT2D eigenvalue weighted by Gasteiger charge is 2.14. The van der Waals surface area contributed by atoms with Gasteiger partial charge in [0, 0.05) is 32.6 Å². The van der Waals surface area contributed by atoms with Crippen molar-refractivity contribution < 1.29 is 9.28 Å². The molecular weight excluding hydrogens is 274 g/mol. The molecule has 5 heteroatoms. The number of nitrogens with two attached hydrogens (primary N) is 1. The number of likely N-dealkylation sites (N-methyl/N-ethyl adjacent to an activating group) is 1. The third-order valence-corrected chi connectivity index (χ3v) is 3.33. The largest absolute Gasteiger partial charge is 0.342 e. The summed E-state index contributed by atoms with van der Waals surface area (Å²) in [5, 5.41) is 0. The number of rotatable bonds is 6. The van der Waals surface area contributed by atoms with Gasteiger partial charge in [-0.05, 0) is 5.56 Å². The van der Waals surface area contributed by atoms with Crippen molar-refractivity contribution in [2.24, 2.45) is 5.73 Å². The minimum atomic E-state index is 0. The van der Waals surface area contributed by atoms with Crippen molar-refractivity contribution in [3.8, 4) is 0 Å². The molecule has 0 aliphatic carbocycles. The third kappa shape index (κ3) is 6.37. The van der Waals surface area contributed by atoms with Crippen LogP contribution >= 0.6 is 12.4 Å². The molecule has 1 amide bonds. The van der Waals surface area contributed by atoms with Crippen molar-refractivity contribution in [3.05, 3.63) is 35.4 Å². The summed E-state index contributed by atoms with van der Waals surface area (Å²) < 4.78 is 0.892. The number of benzene rings is 1. The molecule has 0 spiro atoms. The smallest absolute Gasteiger partial charge is 0.219 e. The van der Waals surface area contributed by atoms with Gasteiger partial charge in [0.15, 0.2) is 0 Å². The Morgan fingerprint density at radius 3 is 2.15 bits per heavy atom. The molecule has 2 N–H and O–H groups in total. The fourth-order valence-corrected chi connectivity index (χ4v) is 2.06. The van der Waals surface area contributed by atoms with Crippen LogP contribution in [-0.2, 0) is 17.9 Å². The number of amides is 1. The summed E-state index contributed by atoms with van der Waals surface area (Å²) in [4.78, 5) is 12.9. The third-order valence-electron chi connectivity index (χ3n) is 3.33. The minimum Gasteiger partial charge on any atom is -0.342 e. The van der Waals surface area contributed by atoms with Gasteiger partial charge in [-0.1, -0.05) is 24.3 Å². The number of hydrogen-bond donors (Lipinski definition) is 1. The van der Waals surface area contributed by atoms with Gasteiger partial charge in [0.2, 0.25) is 5.91 Å². The van der Waals surface area contributed by atoms with Crippen LogP contribution in [0.1, 0.15) is 18.1 Å². The lowest BCUT2D eigenvalue weighted by atomic mass is 10.1.